The minimum Gasteiger partial charge on any atom is -0.264 e. The van der Waals surface area contributed by atoms with Gasteiger partial charge in [-0.2, -0.15) is 5.10 Å². The van der Waals surface area contributed by atoms with E-state index >= 15 is 0 Å². The molecule has 0 fully saturated rings. The van der Waals surface area contributed by atoms with Crippen LogP contribution >= 0.6 is 0 Å². The van der Waals surface area contributed by atoms with Crippen molar-refractivity contribution in [3.8, 4) is 22.4 Å². The van der Waals surface area contributed by atoms with E-state index in [4.69, 9.17) is 0 Å². The van der Waals surface area contributed by atoms with E-state index in [0.717, 1.165) is 22.5 Å². The van der Waals surface area contributed by atoms with Gasteiger partial charge < -0.3 is 0 Å². The molecule has 1 aromatic carbocycles. The highest BCUT2D eigenvalue weighted by Gasteiger charge is 2.12. The van der Waals surface area contributed by atoms with Gasteiger partial charge in [-0.1, -0.05) is 42.5 Å². The molecule has 0 aliphatic heterocycles. The standard InChI is InChI=1S/C20H19N3/c1-3-4-8-16(2)23-20(12-14-22-23)19-15-21-13-11-18(19)17-9-6-5-7-10-17/h3-15H,1-2H3. The molecule has 0 aliphatic rings. The predicted molar refractivity (Wildman–Crippen MR) is 95.7 cm³/mol. The molecule has 0 amide bonds. The van der Waals surface area contributed by atoms with E-state index in [0.29, 0.717) is 0 Å². The lowest BCUT2D eigenvalue weighted by atomic mass is 10.00. The van der Waals surface area contributed by atoms with Gasteiger partial charge in [0.05, 0.1) is 11.9 Å². The van der Waals surface area contributed by atoms with Gasteiger partial charge >= 0.3 is 0 Å². The third-order valence-corrected chi connectivity index (χ3v) is 3.69. The van der Waals surface area contributed by atoms with Gasteiger partial charge in [-0.25, -0.2) is 4.68 Å². The summed E-state index contributed by atoms with van der Waals surface area (Å²) in [5, 5.41) is 4.47. The topological polar surface area (TPSA) is 30.7 Å². The van der Waals surface area contributed by atoms with Gasteiger partial charge in [-0.15, -0.1) is 0 Å². The van der Waals surface area contributed by atoms with E-state index < -0.39 is 0 Å². The summed E-state index contributed by atoms with van der Waals surface area (Å²) >= 11 is 0. The van der Waals surface area contributed by atoms with Crippen LogP contribution in [0.3, 0.4) is 0 Å². The summed E-state index contributed by atoms with van der Waals surface area (Å²) in [5.74, 6) is 0. The summed E-state index contributed by atoms with van der Waals surface area (Å²) in [6, 6.07) is 14.4. The first-order chi connectivity index (χ1) is 11.3. The van der Waals surface area contributed by atoms with Crippen LogP contribution in [0, 0.1) is 0 Å². The number of aromatic nitrogens is 3. The zero-order chi connectivity index (χ0) is 16.1. The third-order valence-electron chi connectivity index (χ3n) is 3.69. The number of hydrogen-bond donors (Lipinski definition) is 0. The molecule has 0 saturated heterocycles. The Kier molecular flexibility index (Phi) is 4.48. The quantitative estimate of drug-likeness (QED) is 0.631. The summed E-state index contributed by atoms with van der Waals surface area (Å²) in [6.07, 6.45) is 11.6. The van der Waals surface area contributed by atoms with Crippen LogP contribution < -0.4 is 0 Å². The van der Waals surface area contributed by atoms with Gasteiger partial charge in [0.25, 0.3) is 0 Å². The Morgan fingerprint density at radius 1 is 1.00 bits per heavy atom. The van der Waals surface area contributed by atoms with Crippen molar-refractivity contribution in [2.45, 2.75) is 13.8 Å². The summed E-state index contributed by atoms with van der Waals surface area (Å²) in [4.78, 5) is 4.31. The molecule has 0 N–H and O–H groups in total. The first kappa shape index (κ1) is 15.0. The van der Waals surface area contributed by atoms with Crippen LogP contribution in [-0.4, -0.2) is 14.8 Å². The van der Waals surface area contributed by atoms with E-state index in [9.17, 15) is 0 Å². The van der Waals surface area contributed by atoms with Crippen molar-refractivity contribution >= 4 is 5.70 Å². The second-order valence-corrected chi connectivity index (χ2v) is 5.25. The number of pyridine rings is 1. The Bertz CT molecular complexity index is 842. The van der Waals surface area contributed by atoms with Crippen molar-refractivity contribution in [3.05, 3.63) is 79.3 Å². The molecule has 3 rings (SSSR count). The van der Waals surface area contributed by atoms with Crippen LogP contribution in [0.15, 0.2) is 79.3 Å². The lowest BCUT2D eigenvalue weighted by Gasteiger charge is -2.12. The Morgan fingerprint density at radius 2 is 1.83 bits per heavy atom. The fraction of sp³-hybridized carbons (Fsp3) is 0.100. The van der Waals surface area contributed by atoms with Crippen LogP contribution in [-0.2, 0) is 0 Å². The fourth-order valence-electron chi connectivity index (χ4n) is 2.56. The van der Waals surface area contributed by atoms with Crippen LogP contribution in [0.4, 0.5) is 0 Å². The van der Waals surface area contributed by atoms with E-state index in [1.165, 1.54) is 5.56 Å². The zero-order valence-electron chi connectivity index (χ0n) is 13.3. The Morgan fingerprint density at radius 3 is 2.61 bits per heavy atom. The first-order valence-corrected chi connectivity index (χ1v) is 7.65. The molecular weight excluding hydrogens is 282 g/mol. The molecular formula is C20H19N3. The van der Waals surface area contributed by atoms with Gasteiger partial charge in [0, 0.05) is 23.7 Å². The van der Waals surface area contributed by atoms with E-state index in [1.54, 1.807) is 0 Å². The first-order valence-electron chi connectivity index (χ1n) is 7.65. The monoisotopic (exact) mass is 301 g/mol. The number of benzene rings is 1. The van der Waals surface area contributed by atoms with Crippen molar-refractivity contribution < 1.29 is 0 Å². The van der Waals surface area contributed by atoms with E-state index in [-0.39, 0.29) is 0 Å². The summed E-state index contributed by atoms with van der Waals surface area (Å²) in [7, 11) is 0. The average Bonchev–Trinajstić information content (AvgIpc) is 3.10. The Hall–Kier alpha value is -2.94. The van der Waals surface area contributed by atoms with E-state index in [2.05, 4.69) is 35.2 Å². The maximum Gasteiger partial charge on any atom is 0.0758 e. The maximum absolute atomic E-state index is 4.47. The van der Waals surface area contributed by atoms with Gasteiger partial charge in [-0.3, -0.25) is 4.98 Å². The van der Waals surface area contributed by atoms with Crippen molar-refractivity contribution in [2.24, 2.45) is 0 Å². The zero-order valence-corrected chi connectivity index (χ0v) is 13.3. The van der Waals surface area contributed by atoms with Gasteiger partial charge in [0.1, 0.15) is 0 Å². The molecule has 3 aromatic rings. The highest BCUT2D eigenvalue weighted by Crippen LogP contribution is 2.31. The Labute approximate surface area is 136 Å². The van der Waals surface area contributed by atoms with Crippen LogP contribution in [0.25, 0.3) is 28.1 Å². The molecule has 114 valence electrons. The Balaban J connectivity index is 2.13. The molecule has 2 heterocycles. The van der Waals surface area contributed by atoms with Crippen LogP contribution in [0.1, 0.15) is 13.8 Å². The molecule has 0 unspecified atom stereocenters. The molecule has 0 atom stereocenters. The SMILES string of the molecule is CC=CC=C(C)n1nccc1-c1cnccc1-c1ccccc1. The number of nitrogens with zero attached hydrogens (tertiary/aromatic N) is 3. The smallest absolute Gasteiger partial charge is 0.0758 e. The minimum atomic E-state index is 1.04. The highest BCUT2D eigenvalue weighted by atomic mass is 15.3. The molecule has 0 radical (unpaired) electrons. The molecule has 23 heavy (non-hydrogen) atoms. The largest absolute Gasteiger partial charge is 0.264 e. The molecule has 3 heteroatoms. The summed E-state index contributed by atoms with van der Waals surface area (Å²) in [6.45, 7) is 4.05. The van der Waals surface area contributed by atoms with Crippen LogP contribution in [0.2, 0.25) is 0 Å². The molecule has 0 bridgehead atoms. The third kappa shape index (κ3) is 3.14. The minimum absolute atomic E-state index is 1.04. The van der Waals surface area contributed by atoms with Crippen molar-refractivity contribution in [1.82, 2.24) is 14.8 Å². The van der Waals surface area contributed by atoms with Gasteiger partial charge in [-0.05, 0) is 43.2 Å². The number of allylic oxidation sites excluding steroid dienone is 4. The summed E-state index contributed by atoms with van der Waals surface area (Å²) < 4.78 is 1.95. The fourth-order valence-corrected chi connectivity index (χ4v) is 2.56. The predicted octanol–water partition coefficient (Wildman–Crippen LogP) is 5.05. The lowest BCUT2D eigenvalue weighted by molar-refractivity contribution is 0.902. The second kappa shape index (κ2) is 6.88. The maximum atomic E-state index is 4.47. The lowest BCUT2D eigenvalue weighted by Crippen LogP contribution is -1.99. The van der Waals surface area contributed by atoms with Crippen molar-refractivity contribution in [2.75, 3.05) is 0 Å². The van der Waals surface area contributed by atoms with Gasteiger partial charge in [0.2, 0.25) is 0 Å². The molecule has 0 spiro atoms. The second-order valence-electron chi connectivity index (χ2n) is 5.25. The molecule has 0 aliphatic carbocycles. The van der Waals surface area contributed by atoms with Crippen LogP contribution in [0.5, 0.6) is 0 Å². The van der Waals surface area contributed by atoms with E-state index in [1.807, 2.05) is 72.7 Å². The molecule has 3 nitrogen and oxygen atoms in total. The number of hydrogen-bond acceptors (Lipinski definition) is 2. The average molecular weight is 301 g/mol. The summed E-state index contributed by atoms with van der Waals surface area (Å²) in [5.41, 5.74) is 5.50. The normalized spacial score (nSPS) is 12.0. The van der Waals surface area contributed by atoms with Crippen molar-refractivity contribution in [1.29, 1.82) is 0 Å². The van der Waals surface area contributed by atoms with Crippen molar-refractivity contribution in [3.63, 3.8) is 0 Å². The molecule has 0 saturated carbocycles. The number of rotatable bonds is 4. The molecule has 2 aromatic heterocycles. The highest BCUT2D eigenvalue weighted by molar-refractivity contribution is 5.82. The van der Waals surface area contributed by atoms with Gasteiger partial charge in [0.15, 0.2) is 0 Å².